The van der Waals surface area contributed by atoms with Gasteiger partial charge >= 0.3 is 0 Å². The van der Waals surface area contributed by atoms with E-state index in [2.05, 4.69) is 12.2 Å². The van der Waals surface area contributed by atoms with Gasteiger partial charge in [-0.2, -0.15) is 0 Å². The zero-order valence-corrected chi connectivity index (χ0v) is 9.38. The first-order valence-corrected chi connectivity index (χ1v) is 6.63. The van der Waals surface area contributed by atoms with Crippen molar-refractivity contribution in [2.45, 2.75) is 64.2 Å². The molecule has 2 aliphatic carbocycles. The number of hydrogen-bond acceptors (Lipinski definition) is 0. The van der Waals surface area contributed by atoms with Crippen molar-refractivity contribution < 1.29 is 0 Å². The molecule has 2 rings (SSSR count). The van der Waals surface area contributed by atoms with Crippen LogP contribution in [0.25, 0.3) is 0 Å². The summed E-state index contributed by atoms with van der Waals surface area (Å²) < 4.78 is 0. The maximum atomic E-state index is 2.55. The van der Waals surface area contributed by atoms with Crippen molar-refractivity contribution in [3.8, 4) is 0 Å². The van der Waals surface area contributed by atoms with Gasteiger partial charge in [0.25, 0.3) is 0 Å². The minimum atomic E-state index is 0.936. The van der Waals surface area contributed by atoms with Gasteiger partial charge in [-0.15, -0.1) is 0 Å². The van der Waals surface area contributed by atoms with Crippen molar-refractivity contribution >= 4 is 0 Å². The van der Waals surface area contributed by atoms with E-state index in [0.29, 0.717) is 0 Å². The molecule has 0 aromatic rings. The van der Waals surface area contributed by atoms with E-state index in [4.69, 9.17) is 0 Å². The Labute approximate surface area is 88.8 Å². The molecule has 0 atom stereocenters. The van der Waals surface area contributed by atoms with Crippen LogP contribution >= 0.6 is 0 Å². The highest BCUT2D eigenvalue weighted by molar-refractivity contribution is 4.94. The average Bonchev–Trinajstić information content (AvgIpc) is 2.29. The van der Waals surface area contributed by atoms with Crippen LogP contribution < -0.4 is 0 Å². The van der Waals surface area contributed by atoms with Crippen molar-refractivity contribution in [2.75, 3.05) is 0 Å². The second-order valence-corrected chi connectivity index (χ2v) is 5.18. The lowest BCUT2D eigenvalue weighted by Crippen LogP contribution is -2.06. The van der Waals surface area contributed by atoms with Crippen LogP contribution in [0.5, 0.6) is 0 Å². The summed E-state index contributed by atoms with van der Waals surface area (Å²) in [5, 5.41) is 0. The molecule has 0 aliphatic heterocycles. The Bertz CT molecular complexity index is 148. The van der Waals surface area contributed by atoms with E-state index >= 15 is 0 Å². The van der Waals surface area contributed by atoms with Gasteiger partial charge in [0.1, 0.15) is 0 Å². The zero-order valence-electron chi connectivity index (χ0n) is 9.38. The minimum absolute atomic E-state index is 0.936. The van der Waals surface area contributed by atoms with E-state index in [1.165, 1.54) is 64.2 Å². The molecule has 0 radical (unpaired) electrons. The SMILES string of the molecule is C(=CC1CCCCC1)C1CCCCC1. The summed E-state index contributed by atoms with van der Waals surface area (Å²) in [4.78, 5) is 0. The van der Waals surface area contributed by atoms with Gasteiger partial charge in [-0.3, -0.25) is 0 Å². The summed E-state index contributed by atoms with van der Waals surface area (Å²) >= 11 is 0. The molecule has 0 amide bonds. The van der Waals surface area contributed by atoms with Gasteiger partial charge < -0.3 is 0 Å². The average molecular weight is 192 g/mol. The van der Waals surface area contributed by atoms with E-state index in [1.54, 1.807) is 0 Å². The molecule has 80 valence electrons. The third-order valence-electron chi connectivity index (χ3n) is 3.96. The first kappa shape index (κ1) is 10.3. The molecular weight excluding hydrogens is 168 g/mol. The lowest BCUT2D eigenvalue weighted by molar-refractivity contribution is 0.401. The fourth-order valence-electron chi connectivity index (χ4n) is 2.97. The highest BCUT2D eigenvalue weighted by Gasteiger charge is 2.13. The van der Waals surface area contributed by atoms with Gasteiger partial charge in [-0.05, 0) is 37.5 Å². The summed E-state index contributed by atoms with van der Waals surface area (Å²) in [5.41, 5.74) is 0. The van der Waals surface area contributed by atoms with Crippen LogP contribution in [0, 0.1) is 11.8 Å². The fourth-order valence-corrected chi connectivity index (χ4v) is 2.97. The molecule has 0 heterocycles. The summed E-state index contributed by atoms with van der Waals surface area (Å²) in [6, 6.07) is 0. The second kappa shape index (κ2) is 5.58. The molecule has 0 nitrogen and oxygen atoms in total. The Hall–Kier alpha value is -0.260. The third kappa shape index (κ3) is 3.15. The molecule has 2 fully saturated rings. The number of rotatable bonds is 2. The molecular formula is C14H24. The maximum Gasteiger partial charge on any atom is -0.0233 e. The number of allylic oxidation sites excluding steroid dienone is 2. The molecule has 0 N–H and O–H groups in total. The summed E-state index contributed by atoms with van der Waals surface area (Å²) in [5.74, 6) is 1.87. The largest absolute Gasteiger partial charge is 0.0851 e. The van der Waals surface area contributed by atoms with Gasteiger partial charge in [0.15, 0.2) is 0 Å². The maximum absolute atomic E-state index is 2.55. The molecule has 2 aliphatic rings. The Morgan fingerprint density at radius 2 is 0.857 bits per heavy atom. The summed E-state index contributed by atoms with van der Waals surface area (Å²) in [6.07, 6.45) is 19.8. The molecule has 2 saturated carbocycles. The molecule has 0 bridgehead atoms. The van der Waals surface area contributed by atoms with Crippen LogP contribution in [0.3, 0.4) is 0 Å². The van der Waals surface area contributed by atoms with Crippen molar-refractivity contribution in [3.63, 3.8) is 0 Å². The second-order valence-electron chi connectivity index (χ2n) is 5.18. The van der Waals surface area contributed by atoms with Crippen molar-refractivity contribution in [2.24, 2.45) is 11.8 Å². The van der Waals surface area contributed by atoms with Crippen LogP contribution in [0.2, 0.25) is 0 Å². The van der Waals surface area contributed by atoms with Gasteiger partial charge in [0.2, 0.25) is 0 Å². The predicted molar refractivity (Wildman–Crippen MR) is 62.3 cm³/mol. The van der Waals surface area contributed by atoms with E-state index < -0.39 is 0 Å². The van der Waals surface area contributed by atoms with Gasteiger partial charge in [0.05, 0.1) is 0 Å². The van der Waals surface area contributed by atoms with Gasteiger partial charge in [-0.1, -0.05) is 50.7 Å². The summed E-state index contributed by atoms with van der Waals surface area (Å²) in [7, 11) is 0. The van der Waals surface area contributed by atoms with Gasteiger partial charge in [-0.25, -0.2) is 0 Å². The van der Waals surface area contributed by atoms with Crippen LogP contribution in [0.4, 0.5) is 0 Å². The van der Waals surface area contributed by atoms with E-state index in [-0.39, 0.29) is 0 Å². The van der Waals surface area contributed by atoms with Crippen LogP contribution in [0.1, 0.15) is 64.2 Å². The van der Waals surface area contributed by atoms with Crippen molar-refractivity contribution in [1.82, 2.24) is 0 Å². The first-order chi connectivity index (χ1) is 6.95. The Balaban J connectivity index is 1.73. The minimum Gasteiger partial charge on any atom is -0.0851 e. The topological polar surface area (TPSA) is 0 Å². The standard InChI is InChI=1S/C14H24/c1-3-7-13(8-4-1)11-12-14-9-5-2-6-10-14/h11-14H,1-10H2. The molecule has 0 spiro atoms. The molecule has 0 aromatic carbocycles. The molecule has 0 heteroatoms. The van der Waals surface area contributed by atoms with Crippen molar-refractivity contribution in [3.05, 3.63) is 12.2 Å². The smallest absolute Gasteiger partial charge is 0.0233 e. The zero-order chi connectivity index (χ0) is 9.64. The van der Waals surface area contributed by atoms with Gasteiger partial charge in [0, 0.05) is 0 Å². The Morgan fingerprint density at radius 3 is 1.21 bits per heavy atom. The molecule has 0 aromatic heterocycles. The highest BCUT2D eigenvalue weighted by Crippen LogP contribution is 2.28. The predicted octanol–water partition coefficient (Wildman–Crippen LogP) is 4.70. The van der Waals surface area contributed by atoms with E-state index in [0.717, 1.165) is 11.8 Å². The van der Waals surface area contributed by atoms with Crippen LogP contribution in [0.15, 0.2) is 12.2 Å². The fraction of sp³-hybridized carbons (Fsp3) is 0.857. The Morgan fingerprint density at radius 1 is 0.500 bits per heavy atom. The number of hydrogen-bond donors (Lipinski definition) is 0. The first-order valence-electron chi connectivity index (χ1n) is 6.63. The van der Waals surface area contributed by atoms with E-state index in [9.17, 15) is 0 Å². The van der Waals surface area contributed by atoms with Crippen molar-refractivity contribution in [1.29, 1.82) is 0 Å². The monoisotopic (exact) mass is 192 g/mol. The van der Waals surface area contributed by atoms with Crippen LogP contribution in [-0.2, 0) is 0 Å². The summed E-state index contributed by atoms with van der Waals surface area (Å²) in [6.45, 7) is 0. The lowest BCUT2D eigenvalue weighted by atomic mass is 9.85. The lowest BCUT2D eigenvalue weighted by Gasteiger charge is -2.21. The van der Waals surface area contributed by atoms with Crippen LogP contribution in [-0.4, -0.2) is 0 Å². The normalized spacial score (nSPS) is 27.1. The third-order valence-corrected chi connectivity index (χ3v) is 3.96. The molecule has 0 saturated heterocycles. The molecule has 0 unspecified atom stereocenters. The quantitative estimate of drug-likeness (QED) is 0.556. The van der Waals surface area contributed by atoms with E-state index in [1.807, 2.05) is 0 Å². The Kier molecular flexibility index (Phi) is 4.09. The molecule has 14 heavy (non-hydrogen) atoms. The highest BCUT2D eigenvalue weighted by atomic mass is 14.2.